The van der Waals surface area contributed by atoms with Gasteiger partial charge in [0, 0.05) is 11.2 Å². The van der Waals surface area contributed by atoms with Crippen molar-refractivity contribution < 1.29 is 4.79 Å². The van der Waals surface area contributed by atoms with Crippen molar-refractivity contribution in [1.29, 1.82) is 0 Å². The molecule has 0 spiro atoms. The van der Waals surface area contributed by atoms with Gasteiger partial charge in [-0.3, -0.25) is 9.78 Å². The zero-order valence-corrected chi connectivity index (χ0v) is 15.6. The molecule has 3 rings (SSSR count). The number of rotatable bonds is 5. The van der Waals surface area contributed by atoms with Crippen molar-refractivity contribution in [2.24, 2.45) is 0 Å². The van der Waals surface area contributed by atoms with E-state index in [-0.39, 0.29) is 11.9 Å². The number of halogens is 1. The van der Waals surface area contributed by atoms with Gasteiger partial charge in [0.05, 0.1) is 17.4 Å². The third-order valence-electron chi connectivity index (χ3n) is 3.87. The first-order valence-corrected chi connectivity index (χ1v) is 9.23. The average Bonchev–Trinajstić information content (AvgIpc) is 3.03. The predicted molar refractivity (Wildman–Crippen MR) is 102 cm³/mol. The highest BCUT2D eigenvalue weighted by molar-refractivity contribution is 7.17. The van der Waals surface area contributed by atoms with E-state index < -0.39 is 0 Å². The molecule has 0 aliphatic carbocycles. The van der Waals surface area contributed by atoms with Gasteiger partial charge in [-0.2, -0.15) is 0 Å². The van der Waals surface area contributed by atoms with Crippen LogP contribution >= 0.6 is 22.9 Å². The molecule has 0 saturated carbocycles. The van der Waals surface area contributed by atoms with E-state index in [0.29, 0.717) is 15.6 Å². The summed E-state index contributed by atoms with van der Waals surface area (Å²) < 4.78 is 0. The number of aromatic nitrogens is 2. The second-order valence-electron chi connectivity index (χ2n) is 5.63. The number of carbonyl (C=O) groups excluding carboxylic acids is 1. The summed E-state index contributed by atoms with van der Waals surface area (Å²) in [6, 6.07) is 13.1. The predicted octanol–water partition coefficient (Wildman–Crippen LogP) is 5.05. The van der Waals surface area contributed by atoms with Crippen molar-refractivity contribution in [1.82, 2.24) is 15.3 Å². The van der Waals surface area contributed by atoms with Gasteiger partial charge in [-0.05, 0) is 43.2 Å². The zero-order valence-electron chi connectivity index (χ0n) is 14.0. The molecule has 2 aromatic heterocycles. The van der Waals surface area contributed by atoms with Crippen LogP contribution in [0.4, 0.5) is 0 Å². The van der Waals surface area contributed by atoms with Crippen LogP contribution < -0.4 is 5.32 Å². The van der Waals surface area contributed by atoms with Gasteiger partial charge < -0.3 is 5.32 Å². The number of amides is 1. The van der Waals surface area contributed by atoms with Crippen LogP contribution in [0, 0.1) is 6.92 Å². The van der Waals surface area contributed by atoms with E-state index in [0.717, 1.165) is 22.7 Å². The van der Waals surface area contributed by atoms with Crippen molar-refractivity contribution in [2.75, 3.05) is 0 Å². The number of hydrogen-bond donors (Lipinski definition) is 1. The van der Waals surface area contributed by atoms with E-state index in [2.05, 4.69) is 15.3 Å². The third-order valence-corrected chi connectivity index (χ3v) is 5.30. The van der Waals surface area contributed by atoms with Crippen molar-refractivity contribution in [3.05, 3.63) is 69.8 Å². The minimum atomic E-state index is -0.112. The number of hydrogen-bond acceptors (Lipinski definition) is 4. The molecule has 0 radical (unpaired) electrons. The Morgan fingerprint density at radius 3 is 2.64 bits per heavy atom. The first-order valence-electron chi connectivity index (χ1n) is 8.03. The second kappa shape index (κ2) is 7.76. The van der Waals surface area contributed by atoms with E-state index in [9.17, 15) is 4.79 Å². The van der Waals surface area contributed by atoms with E-state index in [1.54, 1.807) is 6.20 Å². The fourth-order valence-electron chi connectivity index (χ4n) is 2.55. The molecule has 0 bridgehead atoms. The molecule has 2 heterocycles. The summed E-state index contributed by atoms with van der Waals surface area (Å²) in [7, 11) is 0. The molecule has 0 aliphatic heterocycles. The van der Waals surface area contributed by atoms with Crippen LogP contribution in [-0.4, -0.2) is 15.9 Å². The Hall–Kier alpha value is -2.24. The third kappa shape index (κ3) is 4.06. The molecule has 0 saturated heterocycles. The maximum absolute atomic E-state index is 12.7. The molecule has 4 nitrogen and oxygen atoms in total. The topological polar surface area (TPSA) is 54.9 Å². The number of benzene rings is 1. The summed E-state index contributed by atoms with van der Waals surface area (Å²) in [5.41, 5.74) is 2.53. The Labute approximate surface area is 155 Å². The molecule has 128 valence electrons. The van der Waals surface area contributed by atoms with Gasteiger partial charge in [0.2, 0.25) is 0 Å². The first-order chi connectivity index (χ1) is 12.1. The minimum absolute atomic E-state index is 0.0652. The van der Waals surface area contributed by atoms with E-state index in [1.807, 2.05) is 56.3 Å². The Bertz CT molecular complexity index is 862. The lowest BCUT2D eigenvalue weighted by atomic mass is 10.0. The largest absolute Gasteiger partial charge is 0.344 e. The maximum atomic E-state index is 12.7. The molecule has 0 aliphatic rings. The fourth-order valence-corrected chi connectivity index (χ4v) is 3.62. The van der Waals surface area contributed by atoms with Crippen molar-refractivity contribution in [2.45, 2.75) is 26.3 Å². The fraction of sp³-hybridized carbons (Fsp3) is 0.211. The number of nitrogens with one attached hydrogen (secondary N) is 1. The van der Waals surface area contributed by atoms with E-state index >= 15 is 0 Å². The van der Waals surface area contributed by atoms with Crippen LogP contribution in [0.3, 0.4) is 0 Å². The highest BCUT2D eigenvalue weighted by atomic mass is 35.5. The van der Waals surface area contributed by atoms with Crippen molar-refractivity contribution >= 4 is 28.8 Å². The molecule has 3 aromatic rings. The van der Waals surface area contributed by atoms with Crippen molar-refractivity contribution in [3.63, 3.8) is 0 Å². The van der Waals surface area contributed by atoms with Gasteiger partial charge in [0.1, 0.15) is 9.88 Å². The average molecular weight is 372 g/mol. The summed E-state index contributed by atoms with van der Waals surface area (Å²) in [4.78, 5) is 22.1. The van der Waals surface area contributed by atoms with Gasteiger partial charge in [-0.25, -0.2) is 4.98 Å². The lowest BCUT2D eigenvalue weighted by molar-refractivity contribution is 0.0939. The molecular formula is C19H18ClN3OS. The summed E-state index contributed by atoms with van der Waals surface area (Å²) >= 11 is 7.31. The molecule has 1 aromatic carbocycles. The highest BCUT2D eigenvalue weighted by Crippen LogP contribution is 2.27. The summed E-state index contributed by atoms with van der Waals surface area (Å²) in [6.07, 6.45) is 2.51. The van der Waals surface area contributed by atoms with Gasteiger partial charge in [-0.15, -0.1) is 11.3 Å². The van der Waals surface area contributed by atoms with Crippen molar-refractivity contribution in [3.8, 4) is 10.7 Å². The number of carbonyl (C=O) groups is 1. The summed E-state index contributed by atoms with van der Waals surface area (Å²) in [5.74, 6) is -0.112. The molecule has 1 atom stereocenters. The number of pyridine rings is 1. The first kappa shape index (κ1) is 17.6. The van der Waals surface area contributed by atoms with E-state index in [4.69, 9.17) is 11.6 Å². The van der Waals surface area contributed by atoms with Crippen LogP contribution in [0.25, 0.3) is 10.7 Å². The van der Waals surface area contributed by atoms with Crippen LogP contribution in [0.15, 0.2) is 48.7 Å². The number of nitrogens with zero attached hydrogens (tertiary/aromatic N) is 2. The second-order valence-corrected chi connectivity index (χ2v) is 7.07. The minimum Gasteiger partial charge on any atom is -0.344 e. The van der Waals surface area contributed by atoms with E-state index in [1.165, 1.54) is 11.3 Å². The lowest BCUT2D eigenvalue weighted by Gasteiger charge is -2.17. The monoisotopic (exact) mass is 371 g/mol. The molecular weight excluding hydrogens is 354 g/mol. The Morgan fingerprint density at radius 1 is 1.24 bits per heavy atom. The lowest BCUT2D eigenvalue weighted by Crippen LogP contribution is -2.28. The highest BCUT2D eigenvalue weighted by Gasteiger charge is 2.20. The Balaban J connectivity index is 1.81. The van der Waals surface area contributed by atoms with Crippen LogP contribution in [0.1, 0.15) is 40.3 Å². The molecule has 1 N–H and O–H groups in total. The molecule has 0 unspecified atom stereocenters. The smallest absolute Gasteiger partial charge is 0.263 e. The summed E-state index contributed by atoms with van der Waals surface area (Å²) in [6.45, 7) is 3.89. The molecule has 0 fully saturated rings. The number of aryl methyl sites for hydroxylation is 1. The zero-order chi connectivity index (χ0) is 17.8. The standard InChI is InChI=1S/C19H18ClN3OS/c1-3-15(13-7-9-14(20)10-8-13)23-18(24)17-12(2)22-19(25-17)16-6-4-5-11-21-16/h4-11,15H,3H2,1-2H3,(H,23,24)/t15-/m0/s1. The molecule has 25 heavy (non-hydrogen) atoms. The number of thiazole rings is 1. The summed E-state index contributed by atoms with van der Waals surface area (Å²) in [5, 5.41) is 4.53. The van der Waals surface area contributed by atoms with Crippen LogP contribution in [-0.2, 0) is 0 Å². The molecule has 1 amide bonds. The van der Waals surface area contributed by atoms with Crippen LogP contribution in [0.5, 0.6) is 0 Å². The van der Waals surface area contributed by atoms with Gasteiger partial charge >= 0.3 is 0 Å². The van der Waals surface area contributed by atoms with Crippen LogP contribution in [0.2, 0.25) is 5.02 Å². The quantitative estimate of drug-likeness (QED) is 0.682. The van der Waals surface area contributed by atoms with Gasteiger partial charge in [0.25, 0.3) is 5.91 Å². The Kier molecular flexibility index (Phi) is 5.46. The normalized spacial score (nSPS) is 12.0. The SMILES string of the molecule is CC[C@H](NC(=O)c1sc(-c2ccccn2)nc1C)c1ccc(Cl)cc1. The van der Waals surface area contributed by atoms with Gasteiger partial charge in [-0.1, -0.05) is 36.7 Å². The maximum Gasteiger partial charge on any atom is 0.263 e. The Morgan fingerprint density at radius 2 is 2.00 bits per heavy atom. The molecule has 6 heteroatoms. The van der Waals surface area contributed by atoms with Gasteiger partial charge in [0.15, 0.2) is 0 Å².